The van der Waals surface area contributed by atoms with Gasteiger partial charge in [-0.3, -0.25) is 0 Å². The van der Waals surface area contributed by atoms with Crippen LogP contribution in [0, 0.1) is 5.82 Å². The predicted molar refractivity (Wildman–Crippen MR) is 103 cm³/mol. The summed E-state index contributed by atoms with van der Waals surface area (Å²) in [7, 11) is 0. The third kappa shape index (κ3) is 3.70. The minimum atomic E-state index is -0.435. The maximum absolute atomic E-state index is 13.0. The van der Waals surface area contributed by atoms with Gasteiger partial charge in [0.1, 0.15) is 12.4 Å². The second-order valence-corrected chi connectivity index (χ2v) is 6.14. The average molecular weight is 357 g/mol. The molecule has 0 unspecified atom stereocenters. The molecule has 0 amide bonds. The number of fused-ring (bicyclic) bond motifs is 1. The predicted octanol–water partition coefficient (Wildman–Crippen LogP) is 5.40. The number of hydrogen-bond acceptors (Lipinski definition) is 3. The van der Waals surface area contributed by atoms with E-state index in [1.807, 2.05) is 54.6 Å². The lowest BCUT2D eigenvalue weighted by atomic mass is 10.0. The Balaban J connectivity index is 1.69. The van der Waals surface area contributed by atoms with Crippen LogP contribution in [0.25, 0.3) is 22.2 Å². The Morgan fingerprint density at radius 2 is 1.59 bits per heavy atom. The number of ether oxygens (including phenoxy) is 1. The Labute approximate surface area is 156 Å². The number of aromatic nitrogens is 1. The van der Waals surface area contributed by atoms with Crippen molar-refractivity contribution in [3.05, 3.63) is 102 Å². The Kier molecular flexibility index (Phi) is 4.62. The molecule has 27 heavy (non-hydrogen) atoms. The summed E-state index contributed by atoms with van der Waals surface area (Å²) in [6.07, 6.45) is 0. The van der Waals surface area contributed by atoms with Crippen molar-refractivity contribution >= 4 is 16.9 Å². The molecule has 132 valence electrons. The van der Waals surface area contributed by atoms with Crippen LogP contribution in [0.1, 0.15) is 15.9 Å². The van der Waals surface area contributed by atoms with Gasteiger partial charge in [-0.05, 0) is 29.8 Å². The van der Waals surface area contributed by atoms with Gasteiger partial charge in [0.2, 0.25) is 0 Å². The summed E-state index contributed by atoms with van der Waals surface area (Å²) in [4.78, 5) is 17.4. The number of rotatable bonds is 4. The first kappa shape index (κ1) is 16.9. The van der Waals surface area contributed by atoms with Crippen molar-refractivity contribution in [3.8, 4) is 11.3 Å². The van der Waals surface area contributed by atoms with E-state index in [0.29, 0.717) is 11.3 Å². The summed E-state index contributed by atoms with van der Waals surface area (Å²) >= 11 is 0. The van der Waals surface area contributed by atoms with E-state index < -0.39 is 5.97 Å². The molecule has 4 rings (SSSR count). The number of halogens is 1. The van der Waals surface area contributed by atoms with E-state index in [0.717, 1.165) is 22.0 Å². The monoisotopic (exact) mass is 357 g/mol. The summed E-state index contributed by atoms with van der Waals surface area (Å²) in [6.45, 7) is 0.0798. The fourth-order valence-electron chi connectivity index (χ4n) is 2.91. The number of para-hydroxylation sites is 1. The molecule has 4 aromatic rings. The van der Waals surface area contributed by atoms with Crippen LogP contribution in [-0.4, -0.2) is 11.0 Å². The van der Waals surface area contributed by atoms with Crippen molar-refractivity contribution in [2.24, 2.45) is 0 Å². The Morgan fingerprint density at radius 1 is 0.889 bits per heavy atom. The summed E-state index contributed by atoms with van der Waals surface area (Å²) < 4.78 is 18.5. The first-order valence-electron chi connectivity index (χ1n) is 8.57. The average Bonchev–Trinajstić information content (AvgIpc) is 2.73. The third-order valence-electron chi connectivity index (χ3n) is 4.29. The molecule has 1 heterocycles. The lowest BCUT2D eigenvalue weighted by molar-refractivity contribution is 0.0475. The van der Waals surface area contributed by atoms with Crippen LogP contribution in [0.15, 0.2) is 84.9 Å². The van der Waals surface area contributed by atoms with Crippen LogP contribution >= 0.6 is 0 Å². The van der Waals surface area contributed by atoms with Crippen molar-refractivity contribution in [2.75, 3.05) is 0 Å². The lowest BCUT2D eigenvalue weighted by Crippen LogP contribution is -2.07. The molecule has 0 radical (unpaired) electrons. The van der Waals surface area contributed by atoms with Gasteiger partial charge in [-0.25, -0.2) is 14.2 Å². The second-order valence-electron chi connectivity index (χ2n) is 6.14. The van der Waals surface area contributed by atoms with Crippen LogP contribution in [0.5, 0.6) is 0 Å². The first-order valence-corrected chi connectivity index (χ1v) is 8.57. The van der Waals surface area contributed by atoms with Gasteiger partial charge in [-0.15, -0.1) is 0 Å². The van der Waals surface area contributed by atoms with Crippen molar-refractivity contribution in [1.82, 2.24) is 4.98 Å². The molecule has 0 aliphatic carbocycles. The number of nitrogens with zero attached hydrogens (tertiary/aromatic N) is 1. The minimum absolute atomic E-state index is 0.0798. The molecule has 1 aromatic heterocycles. The van der Waals surface area contributed by atoms with Gasteiger partial charge in [0.15, 0.2) is 0 Å². The van der Waals surface area contributed by atoms with E-state index >= 15 is 0 Å². The molecular formula is C23H16FNO2. The molecular weight excluding hydrogens is 341 g/mol. The highest BCUT2D eigenvalue weighted by Gasteiger charge is 2.15. The highest BCUT2D eigenvalue weighted by molar-refractivity contribution is 6.04. The molecule has 0 aliphatic rings. The molecule has 4 heteroatoms. The molecule has 0 atom stereocenters. The SMILES string of the molecule is O=C(OCc1ccc(F)cc1)c1cc(-c2ccccc2)nc2ccccc12. The third-order valence-corrected chi connectivity index (χ3v) is 4.29. The fraction of sp³-hybridized carbons (Fsp3) is 0.0435. The molecule has 0 spiro atoms. The van der Waals surface area contributed by atoms with Crippen LogP contribution in [0.4, 0.5) is 4.39 Å². The van der Waals surface area contributed by atoms with Crippen molar-refractivity contribution in [1.29, 1.82) is 0 Å². The molecule has 0 bridgehead atoms. The summed E-state index contributed by atoms with van der Waals surface area (Å²) in [6, 6.07) is 24.8. The van der Waals surface area contributed by atoms with E-state index in [1.54, 1.807) is 18.2 Å². The van der Waals surface area contributed by atoms with Crippen LogP contribution in [0.3, 0.4) is 0 Å². The molecule has 0 N–H and O–H groups in total. The quantitative estimate of drug-likeness (QED) is 0.459. The molecule has 3 aromatic carbocycles. The van der Waals surface area contributed by atoms with Gasteiger partial charge >= 0.3 is 5.97 Å². The van der Waals surface area contributed by atoms with Crippen molar-refractivity contribution in [2.45, 2.75) is 6.61 Å². The molecule has 3 nitrogen and oxygen atoms in total. The van der Waals surface area contributed by atoms with Crippen LogP contribution in [-0.2, 0) is 11.3 Å². The molecule has 0 saturated heterocycles. The van der Waals surface area contributed by atoms with Gasteiger partial charge in [0.05, 0.1) is 16.8 Å². The number of carbonyl (C=O) groups excluding carboxylic acids is 1. The molecule has 0 aliphatic heterocycles. The van der Waals surface area contributed by atoms with Gasteiger partial charge < -0.3 is 4.74 Å². The largest absolute Gasteiger partial charge is 0.457 e. The smallest absolute Gasteiger partial charge is 0.339 e. The highest BCUT2D eigenvalue weighted by Crippen LogP contribution is 2.25. The standard InChI is InChI=1S/C23H16FNO2/c24-18-12-10-16(11-13-18)15-27-23(26)20-14-22(17-6-2-1-3-7-17)25-21-9-5-4-8-19(20)21/h1-14H,15H2. The van der Waals surface area contributed by atoms with Gasteiger partial charge in [0, 0.05) is 10.9 Å². The molecule has 0 fully saturated rings. The highest BCUT2D eigenvalue weighted by atomic mass is 19.1. The first-order chi connectivity index (χ1) is 13.2. The van der Waals surface area contributed by atoms with E-state index in [2.05, 4.69) is 4.98 Å². The normalized spacial score (nSPS) is 10.7. The van der Waals surface area contributed by atoms with Gasteiger partial charge in [0.25, 0.3) is 0 Å². The number of carbonyl (C=O) groups is 1. The Morgan fingerprint density at radius 3 is 2.37 bits per heavy atom. The maximum atomic E-state index is 13.0. The van der Waals surface area contributed by atoms with E-state index in [1.165, 1.54) is 12.1 Å². The summed E-state index contributed by atoms with van der Waals surface area (Å²) in [5, 5.41) is 0.737. The zero-order valence-electron chi connectivity index (χ0n) is 14.4. The Hall–Kier alpha value is -3.53. The van der Waals surface area contributed by atoms with E-state index in [9.17, 15) is 9.18 Å². The van der Waals surface area contributed by atoms with Gasteiger partial charge in [-0.2, -0.15) is 0 Å². The number of benzene rings is 3. The Bertz CT molecular complexity index is 1090. The fourth-order valence-corrected chi connectivity index (χ4v) is 2.91. The topological polar surface area (TPSA) is 39.2 Å². The second kappa shape index (κ2) is 7.38. The number of hydrogen-bond donors (Lipinski definition) is 0. The lowest BCUT2D eigenvalue weighted by Gasteiger charge is -2.10. The molecule has 0 saturated carbocycles. The van der Waals surface area contributed by atoms with E-state index in [-0.39, 0.29) is 12.4 Å². The van der Waals surface area contributed by atoms with E-state index in [4.69, 9.17) is 4.74 Å². The maximum Gasteiger partial charge on any atom is 0.339 e. The minimum Gasteiger partial charge on any atom is -0.457 e. The number of pyridine rings is 1. The summed E-state index contributed by atoms with van der Waals surface area (Å²) in [5.41, 5.74) is 3.56. The zero-order valence-corrected chi connectivity index (χ0v) is 14.4. The van der Waals surface area contributed by atoms with Gasteiger partial charge in [-0.1, -0.05) is 60.7 Å². The van der Waals surface area contributed by atoms with Crippen molar-refractivity contribution < 1.29 is 13.9 Å². The summed E-state index contributed by atoms with van der Waals surface area (Å²) in [5.74, 6) is -0.757. The van der Waals surface area contributed by atoms with Crippen LogP contribution < -0.4 is 0 Å². The zero-order chi connectivity index (χ0) is 18.6. The van der Waals surface area contributed by atoms with Crippen LogP contribution in [0.2, 0.25) is 0 Å². The number of esters is 1. The van der Waals surface area contributed by atoms with Crippen molar-refractivity contribution in [3.63, 3.8) is 0 Å².